The Morgan fingerprint density at radius 2 is 1.92 bits per heavy atom. The Labute approximate surface area is 141 Å². The van der Waals surface area contributed by atoms with E-state index in [4.69, 9.17) is 11.6 Å². The molecular formula is C16H12ClF2N3O2. The van der Waals surface area contributed by atoms with E-state index in [0.717, 1.165) is 12.1 Å². The Morgan fingerprint density at radius 3 is 2.58 bits per heavy atom. The van der Waals surface area contributed by atoms with Crippen molar-refractivity contribution in [3.8, 4) is 0 Å². The first-order valence-electron chi connectivity index (χ1n) is 7.11. The third-order valence-corrected chi connectivity index (χ3v) is 3.91. The van der Waals surface area contributed by atoms with Crippen LogP contribution in [0.2, 0.25) is 5.15 Å². The largest absolute Gasteiger partial charge is 0.337 e. The van der Waals surface area contributed by atoms with Gasteiger partial charge in [-0.1, -0.05) is 11.6 Å². The quantitative estimate of drug-likeness (QED) is 0.865. The van der Waals surface area contributed by atoms with Gasteiger partial charge in [-0.3, -0.25) is 9.59 Å². The van der Waals surface area contributed by atoms with Gasteiger partial charge in [0.15, 0.2) is 11.6 Å². The van der Waals surface area contributed by atoms with E-state index in [2.05, 4.69) is 10.3 Å². The van der Waals surface area contributed by atoms with Gasteiger partial charge in [0.25, 0.3) is 5.91 Å². The number of carbonyl (C=O) groups excluding carboxylic acids is 2. The minimum absolute atomic E-state index is 0.0497. The van der Waals surface area contributed by atoms with Crippen LogP contribution in [0.5, 0.6) is 0 Å². The van der Waals surface area contributed by atoms with E-state index in [1.54, 1.807) is 6.07 Å². The normalized spacial score (nSPS) is 14.2. The number of amides is 2. The summed E-state index contributed by atoms with van der Waals surface area (Å²) in [6.07, 6.45) is 1.47. The molecule has 1 aromatic carbocycles. The van der Waals surface area contributed by atoms with Crippen LogP contribution >= 0.6 is 11.6 Å². The van der Waals surface area contributed by atoms with Crippen molar-refractivity contribution >= 4 is 29.1 Å². The van der Waals surface area contributed by atoms with Crippen molar-refractivity contribution in [2.75, 3.05) is 18.4 Å². The Hall–Kier alpha value is -2.54. The average Bonchev–Trinajstić information content (AvgIpc) is 2.48. The average molecular weight is 352 g/mol. The molecule has 5 nitrogen and oxygen atoms in total. The standard InChI is InChI=1S/C16H12ClF2N3O2/c17-14-6-11(3-4-20-14)21-15(23)10-7-22(8-10)16(24)9-1-2-12(18)13(19)5-9/h1-6,10H,7-8H2,(H,20,21,23). The van der Waals surface area contributed by atoms with Gasteiger partial charge in [0, 0.05) is 30.5 Å². The molecule has 2 aromatic rings. The van der Waals surface area contributed by atoms with Crippen molar-refractivity contribution in [3.63, 3.8) is 0 Å². The van der Waals surface area contributed by atoms with Crippen molar-refractivity contribution in [2.24, 2.45) is 5.92 Å². The van der Waals surface area contributed by atoms with Gasteiger partial charge in [0.2, 0.25) is 5.91 Å². The third-order valence-electron chi connectivity index (χ3n) is 3.70. The van der Waals surface area contributed by atoms with Crippen molar-refractivity contribution in [1.29, 1.82) is 0 Å². The first-order chi connectivity index (χ1) is 11.4. The number of rotatable bonds is 3. The fraction of sp³-hybridized carbons (Fsp3) is 0.188. The lowest BCUT2D eigenvalue weighted by molar-refractivity contribution is -0.123. The van der Waals surface area contributed by atoms with Crippen LogP contribution in [0.1, 0.15) is 10.4 Å². The molecular weight excluding hydrogens is 340 g/mol. The summed E-state index contributed by atoms with van der Waals surface area (Å²) in [5, 5.41) is 2.95. The molecule has 8 heteroatoms. The second-order valence-electron chi connectivity index (χ2n) is 5.39. The summed E-state index contributed by atoms with van der Waals surface area (Å²) in [6.45, 7) is 0.422. The molecule has 0 atom stereocenters. The van der Waals surface area contributed by atoms with Gasteiger partial charge < -0.3 is 10.2 Å². The molecule has 0 saturated carbocycles. The van der Waals surface area contributed by atoms with Crippen LogP contribution in [0.15, 0.2) is 36.5 Å². The van der Waals surface area contributed by atoms with E-state index in [0.29, 0.717) is 5.69 Å². The predicted octanol–water partition coefficient (Wildman–Crippen LogP) is 2.72. The molecule has 0 aliphatic carbocycles. The van der Waals surface area contributed by atoms with Crippen LogP contribution in [0.4, 0.5) is 14.5 Å². The number of hydrogen-bond donors (Lipinski definition) is 1. The van der Waals surface area contributed by atoms with Crippen LogP contribution < -0.4 is 5.32 Å². The zero-order valence-corrected chi connectivity index (χ0v) is 13.1. The van der Waals surface area contributed by atoms with E-state index in [1.165, 1.54) is 23.2 Å². The Bertz CT molecular complexity index is 810. The SMILES string of the molecule is O=C(Nc1ccnc(Cl)c1)C1CN(C(=O)c2ccc(F)c(F)c2)C1. The van der Waals surface area contributed by atoms with E-state index in [1.807, 2.05) is 0 Å². The van der Waals surface area contributed by atoms with Crippen molar-refractivity contribution < 1.29 is 18.4 Å². The molecule has 0 radical (unpaired) electrons. The van der Waals surface area contributed by atoms with Crippen molar-refractivity contribution in [3.05, 3.63) is 58.9 Å². The number of benzene rings is 1. The molecule has 0 bridgehead atoms. The number of aromatic nitrogens is 1. The molecule has 2 amide bonds. The highest BCUT2D eigenvalue weighted by atomic mass is 35.5. The van der Waals surface area contributed by atoms with Crippen LogP contribution in [0, 0.1) is 17.6 Å². The summed E-state index contributed by atoms with van der Waals surface area (Å²) in [5.41, 5.74) is 0.569. The van der Waals surface area contributed by atoms with Crippen molar-refractivity contribution in [2.45, 2.75) is 0 Å². The van der Waals surface area contributed by atoms with Gasteiger partial charge >= 0.3 is 0 Å². The molecule has 1 aliphatic rings. The van der Waals surface area contributed by atoms with E-state index >= 15 is 0 Å². The van der Waals surface area contributed by atoms with Gasteiger partial charge in [0.1, 0.15) is 5.15 Å². The topological polar surface area (TPSA) is 62.3 Å². The Morgan fingerprint density at radius 1 is 1.17 bits per heavy atom. The second-order valence-corrected chi connectivity index (χ2v) is 5.78. The third kappa shape index (κ3) is 3.35. The smallest absolute Gasteiger partial charge is 0.254 e. The number of hydrogen-bond acceptors (Lipinski definition) is 3. The monoisotopic (exact) mass is 351 g/mol. The van der Waals surface area contributed by atoms with Gasteiger partial charge in [-0.2, -0.15) is 0 Å². The number of nitrogens with one attached hydrogen (secondary N) is 1. The van der Waals surface area contributed by atoms with E-state index in [-0.39, 0.29) is 35.6 Å². The predicted molar refractivity (Wildman–Crippen MR) is 83.6 cm³/mol. The van der Waals surface area contributed by atoms with Crippen LogP contribution in [-0.4, -0.2) is 34.8 Å². The summed E-state index contributed by atoms with van der Waals surface area (Å²) >= 11 is 5.74. The minimum Gasteiger partial charge on any atom is -0.337 e. The summed E-state index contributed by atoms with van der Waals surface area (Å²) in [4.78, 5) is 29.4. The molecule has 0 unspecified atom stereocenters. The number of nitrogens with zero attached hydrogens (tertiary/aromatic N) is 2. The highest BCUT2D eigenvalue weighted by molar-refractivity contribution is 6.29. The molecule has 0 spiro atoms. The van der Waals surface area contributed by atoms with Gasteiger partial charge in [-0.05, 0) is 30.3 Å². The number of pyridine rings is 1. The molecule has 1 saturated heterocycles. The molecule has 1 fully saturated rings. The first kappa shape index (κ1) is 16.3. The summed E-state index contributed by atoms with van der Waals surface area (Å²) in [6, 6.07) is 6.09. The maximum Gasteiger partial charge on any atom is 0.254 e. The summed E-state index contributed by atoms with van der Waals surface area (Å²) in [7, 11) is 0. The minimum atomic E-state index is -1.08. The number of likely N-dealkylation sites (tertiary alicyclic amines) is 1. The lowest BCUT2D eigenvalue weighted by Crippen LogP contribution is -2.54. The maximum atomic E-state index is 13.2. The van der Waals surface area contributed by atoms with Crippen LogP contribution in [-0.2, 0) is 4.79 Å². The van der Waals surface area contributed by atoms with Crippen molar-refractivity contribution in [1.82, 2.24) is 9.88 Å². The number of halogens is 3. The second kappa shape index (κ2) is 6.52. The zero-order chi connectivity index (χ0) is 17.3. The Balaban J connectivity index is 1.57. The summed E-state index contributed by atoms with van der Waals surface area (Å²) in [5.74, 6) is -3.14. The Kier molecular flexibility index (Phi) is 4.44. The zero-order valence-electron chi connectivity index (χ0n) is 12.3. The molecule has 2 heterocycles. The highest BCUT2D eigenvalue weighted by Gasteiger charge is 2.36. The highest BCUT2D eigenvalue weighted by Crippen LogP contribution is 2.22. The van der Waals surface area contributed by atoms with E-state index in [9.17, 15) is 18.4 Å². The molecule has 24 heavy (non-hydrogen) atoms. The van der Waals surface area contributed by atoms with Crippen LogP contribution in [0.25, 0.3) is 0 Å². The number of carbonyl (C=O) groups is 2. The number of anilines is 1. The molecule has 1 N–H and O–H groups in total. The molecule has 1 aromatic heterocycles. The molecule has 1 aliphatic heterocycles. The molecule has 124 valence electrons. The fourth-order valence-electron chi connectivity index (χ4n) is 2.35. The van der Waals surface area contributed by atoms with Gasteiger partial charge in [-0.15, -0.1) is 0 Å². The van der Waals surface area contributed by atoms with Gasteiger partial charge in [0.05, 0.1) is 5.92 Å². The molecule has 3 rings (SSSR count). The van der Waals surface area contributed by atoms with Gasteiger partial charge in [-0.25, -0.2) is 13.8 Å². The van der Waals surface area contributed by atoms with Crippen LogP contribution in [0.3, 0.4) is 0 Å². The lowest BCUT2D eigenvalue weighted by Gasteiger charge is -2.38. The summed E-state index contributed by atoms with van der Waals surface area (Å²) < 4.78 is 26.1. The first-order valence-corrected chi connectivity index (χ1v) is 7.48. The van der Waals surface area contributed by atoms with E-state index < -0.39 is 17.5 Å². The lowest BCUT2D eigenvalue weighted by atomic mass is 9.97. The maximum absolute atomic E-state index is 13.2. The fourth-order valence-corrected chi connectivity index (χ4v) is 2.52.